The Morgan fingerprint density at radius 3 is 1.84 bits per heavy atom. The van der Waals surface area contributed by atoms with E-state index in [9.17, 15) is 8.42 Å². The van der Waals surface area contributed by atoms with Crippen LogP contribution in [-0.4, -0.2) is 14.7 Å². The number of fused-ring (bicyclic) bond motifs is 7. The van der Waals surface area contributed by atoms with Crippen molar-refractivity contribution in [2.45, 2.75) is 11.8 Å². The molecule has 5 rings (SSSR count). The maximum absolute atomic E-state index is 11.8. The molecular weight excluding hydrogens is 336 g/mol. The molecule has 2 aromatic heterocycles. The zero-order chi connectivity index (χ0) is 17.3. The fraction of sp³-hybridized carbons (Fsp3) is 0.100. The Bertz CT molecular complexity index is 1420. The van der Waals surface area contributed by atoms with Crippen molar-refractivity contribution in [2.24, 2.45) is 0 Å². The summed E-state index contributed by atoms with van der Waals surface area (Å²) >= 11 is 0. The number of aryl methyl sites for hydroxylation is 1. The molecule has 5 heteroatoms. The van der Waals surface area contributed by atoms with E-state index < -0.39 is 9.84 Å². The molecule has 0 amide bonds. The molecule has 124 valence electrons. The molecule has 5 aromatic rings. The Balaban J connectivity index is 1.93. The van der Waals surface area contributed by atoms with Crippen molar-refractivity contribution < 1.29 is 17.3 Å². The van der Waals surface area contributed by atoms with E-state index in [1.165, 1.54) is 6.26 Å². The van der Waals surface area contributed by atoms with Gasteiger partial charge >= 0.3 is 0 Å². The first-order valence-corrected chi connectivity index (χ1v) is 9.79. The van der Waals surface area contributed by atoms with Crippen molar-refractivity contribution in [1.29, 1.82) is 0 Å². The second-order valence-corrected chi connectivity index (χ2v) is 8.47. The van der Waals surface area contributed by atoms with Crippen LogP contribution in [0, 0.1) is 6.92 Å². The van der Waals surface area contributed by atoms with Gasteiger partial charge in [-0.3, -0.25) is 0 Å². The molecule has 0 spiro atoms. The van der Waals surface area contributed by atoms with Crippen LogP contribution in [0.25, 0.3) is 43.9 Å². The monoisotopic (exact) mass is 350 g/mol. The van der Waals surface area contributed by atoms with E-state index in [4.69, 9.17) is 8.83 Å². The van der Waals surface area contributed by atoms with Crippen LogP contribution < -0.4 is 0 Å². The van der Waals surface area contributed by atoms with Gasteiger partial charge in [-0.05, 0) is 42.8 Å². The average Bonchev–Trinajstić information content (AvgIpc) is 3.10. The van der Waals surface area contributed by atoms with Gasteiger partial charge in [-0.2, -0.15) is 0 Å². The van der Waals surface area contributed by atoms with Gasteiger partial charge in [0.25, 0.3) is 0 Å². The predicted molar refractivity (Wildman–Crippen MR) is 98.8 cm³/mol. The van der Waals surface area contributed by atoms with E-state index in [0.29, 0.717) is 16.7 Å². The van der Waals surface area contributed by atoms with E-state index in [1.807, 2.05) is 31.2 Å². The number of hydrogen-bond acceptors (Lipinski definition) is 4. The number of furan rings is 2. The molecule has 3 aromatic carbocycles. The number of sulfone groups is 1. The first-order valence-electron chi connectivity index (χ1n) is 7.90. The highest BCUT2D eigenvalue weighted by Crippen LogP contribution is 2.39. The lowest BCUT2D eigenvalue weighted by Gasteiger charge is -1.96. The van der Waals surface area contributed by atoms with Gasteiger partial charge < -0.3 is 8.83 Å². The molecular formula is C20H14O4S. The van der Waals surface area contributed by atoms with E-state index >= 15 is 0 Å². The zero-order valence-electron chi connectivity index (χ0n) is 13.7. The predicted octanol–water partition coefficient (Wildman–Crippen LogP) is 5.20. The number of rotatable bonds is 1. The van der Waals surface area contributed by atoms with Crippen molar-refractivity contribution in [3.8, 4) is 0 Å². The summed E-state index contributed by atoms with van der Waals surface area (Å²) in [6.07, 6.45) is 1.19. The Kier molecular flexibility index (Phi) is 2.70. The molecule has 0 aliphatic carbocycles. The molecule has 0 fully saturated rings. The average molecular weight is 350 g/mol. The lowest BCUT2D eigenvalue weighted by molar-refractivity contribution is 0.601. The normalized spacial score (nSPS) is 12.7. The van der Waals surface area contributed by atoms with Crippen molar-refractivity contribution in [3.63, 3.8) is 0 Å². The van der Waals surface area contributed by atoms with Crippen LogP contribution in [0.3, 0.4) is 0 Å². The molecule has 0 aliphatic rings. The van der Waals surface area contributed by atoms with Crippen molar-refractivity contribution in [1.82, 2.24) is 0 Å². The van der Waals surface area contributed by atoms with Crippen molar-refractivity contribution >= 4 is 53.7 Å². The highest BCUT2D eigenvalue weighted by atomic mass is 32.2. The number of hydrogen-bond donors (Lipinski definition) is 0. The van der Waals surface area contributed by atoms with Gasteiger partial charge in [0, 0.05) is 33.9 Å². The smallest absolute Gasteiger partial charge is 0.178 e. The van der Waals surface area contributed by atoms with Crippen LogP contribution in [0.15, 0.2) is 62.3 Å². The molecule has 0 atom stereocenters. The third-order valence-corrected chi connectivity index (χ3v) is 5.75. The molecule has 4 nitrogen and oxygen atoms in total. The third kappa shape index (κ3) is 2.02. The van der Waals surface area contributed by atoms with Gasteiger partial charge in [0.05, 0.1) is 4.90 Å². The topological polar surface area (TPSA) is 60.4 Å². The lowest BCUT2D eigenvalue weighted by atomic mass is 10.1. The second-order valence-electron chi connectivity index (χ2n) is 6.45. The van der Waals surface area contributed by atoms with Crippen LogP contribution in [-0.2, 0) is 9.84 Å². The van der Waals surface area contributed by atoms with E-state index in [-0.39, 0.29) is 4.90 Å². The lowest BCUT2D eigenvalue weighted by Crippen LogP contribution is -1.95. The quantitative estimate of drug-likeness (QED) is 0.417. The van der Waals surface area contributed by atoms with Gasteiger partial charge in [-0.25, -0.2) is 8.42 Å². The molecule has 0 unspecified atom stereocenters. The minimum Gasteiger partial charge on any atom is -0.452 e. The fourth-order valence-corrected chi connectivity index (χ4v) is 4.02. The zero-order valence-corrected chi connectivity index (χ0v) is 14.5. The summed E-state index contributed by atoms with van der Waals surface area (Å²) in [5.41, 5.74) is 3.83. The molecule has 0 aliphatic heterocycles. The highest BCUT2D eigenvalue weighted by Gasteiger charge is 2.17. The van der Waals surface area contributed by atoms with Gasteiger partial charge in [-0.1, -0.05) is 12.1 Å². The van der Waals surface area contributed by atoms with E-state index in [0.717, 1.165) is 32.7 Å². The summed E-state index contributed by atoms with van der Waals surface area (Å²) in [6.45, 7) is 2.02. The summed E-state index contributed by atoms with van der Waals surface area (Å²) in [6, 6.07) is 15.1. The SMILES string of the molecule is Cc1ccc2c(c1)oc1c2ccc2c3ccc(S(C)(=O)=O)cc3oc21. The molecule has 0 radical (unpaired) electrons. The van der Waals surface area contributed by atoms with Gasteiger partial charge in [0.15, 0.2) is 21.0 Å². The minimum atomic E-state index is -3.28. The maximum Gasteiger partial charge on any atom is 0.178 e. The van der Waals surface area contributed by atoms with Gasteiger partial charge in [0.2, 0.25) is 0 Å². The molecule has 0 bridgehead atoms. The Morgan fingerprint density at radius 2 is 1.24 bits per heavy atom. The Morgan fingerprint density at radius 1 is 0.720 bits per heavy atom. The standard InChI is InChI=1S/C20H14O4S/c1-11-3-5-13-15-7-8-16-14-6-4-12(25(2,21)22)10-18(14)24-20(16)19(15)23-17(13)9-11/h3-10H,1-2H3. The van der Waals surface area contributed by atoms with Crippen LogP contribution in [0.5, 0.6) is 0 Å². The second kappa shape index (κ2) is 4.64. The summed E-state index contributed by atoms with van der Waals surface area (Å²) in [7, 11) is -3.28. The van der Waals surface area contributed by atoms with E-state index in [2.05, 4.69) is 6.07 Å². The van der Waals surface area contributed by atoms with Crippen molar-refractivity contribution in [2.75, 3.05) is 6.26 Å². The minimum absolute atomic E-state index is 0.246. The summed E-state index contributed by atoms with van der Waals surface area (Å²) in [4.78, 5) is 0.246. The molecule has 0 N–H and O–H groups in total. The molecule has 0 saturated carbocycles. The van der Waals surface area contributed by atoms with Crippen LogP contribution in [0.1, 0.15) is 5.56 Å². The highest BCUT2D eigenvalue weighted by molar-refractivity contribution is 7.90. The third-order valence-electron chi connectivity index (χ3n) is 4.63. The van der Waals surface area contributed by atoms with E-state index in [1.54, 1.807) is 18.2 Å². The first-order chi connectivity index (χ1) is 11.9. The Hall–Kier alpha value is -2.79. The molecule has 25 heavy (non-hydrogen) atoms. The van der Waals surface area contributed by atoms with Crippen molar-refractivity contribution in [3.05, 3.63) is 54.1 Å². The van der Waals surface area contributed by atoms with Crippen LogP contribution >= 0.6 is 0 Å². The first kappa shape index (κ1) is 14.5. The molecule has 2 heterocycles. The van der Waals surface area contributed by atoms with Gasteiger partial charge in [0.1, 0.15) is 11.2 Å². The molecule has 0 saturated heterocycles. The summed E-state index contributed by atoms with van der Waals surface area (Å²) in [5, 5.41) is 3.82. The summed E-state index contributed by atoms with van der Waals surface area (Å²) in [5.74, 6) is 0. The number of benzene rings is 3. The van der Waals surface area contributed by atoms with Crippen LogP contribution in [0.4, 0.5) is 0 Å². The summed E-state index contributed by atoms with van der Waals surface area (Å²) < 4.78 is 35.7. The Labute approximate surface area is 143 Å². The van der Waals surface area contributed by atoms with Gasteiger partial charge in [-0.15, -0.1) is 0 Å². The van der Waals surface area contributed by atoms with Crippen LogP contribution in [0.2, 0.25) is 0 Å². The largest absolute Gasteiger partial charge is 0.452 e. The fourth-order valence-electron chi connectivity index (χ4n) is 3.39. The maximum atomic E-state index is 11.8.